The molecule has 2 aliphatic rings. The Kier molecular flexibility index (Phi) is 6.87. The Morgan fingerprint density at radius 3 is 1.79 bits per heavy atom. The number of aliphatic hydroxyl groups is 7. The van der Waals surface area contributed by atoms with Gasteiger partial charge in [0.15, 0.2) is 12.6 Å². The van der Waals surface area contributed by atoms with Crippen molar-refractivity contribution in [2.75, 3.05) is 20.3 Å². The van der Waals surface area contributed by atoms with Crippen molar-refractivity contribution in [2.45, 2.75) is 61.4 Å². The largest absolute Gasteiger partial charge is 0.394 e. The predicted octanol–water partition coefficient (Wildman–Crippen LogP) is -4.74. The van der Waals surface area contributed by atoms with Gasteiger partial charge in [-0.3, -0.25) is 0 Å². The summed E-state index contributed by atoms with van der Waals surface area (Å²) in [6.07, 6.45) is -14.3. The van der Waals surface area contributed by atoms with Crippen molar-refractivity contribution < 1.29 is 54.7 Å². The molecule has 2 fully saturated rings. The van der Waals surface area contributed by atoms with Crippen LogP contribution in [0.4, 0.5) is 0 Å². The van der Waals surface area contributed by atoms with E-state index in [1.165, 1.54) is 7.11 Å². The molecule has 7 N–H and O–H groups in total. The van der Waals surface area contributed by atoms with Crippen molar-refractivity contribution in [1.82, 2.24) is 0 Å². The van der Waals surface area contributed by atoms with E-state index in [1.54, 1.807) is 0 Å². The normalized spacial score (nSPS) is 50.0. The van der Waals surface area contributed by atoms with Gasteiger partial charge < -0.3 is 54.7 Å². The minimum atomic E-state index is -1.69. The van der Waals surface area contributed by atoms with E-state index < -0.39 is 74.6 Å². The van der Waals surface area contributed by atoms with E-state index in [0.717, 1.165) is 0 Å². The highest BCUT2D eigenvalue weighted by Crippen LogP contribution is 2.29. The monoisotopic (exact) mass is 356 g/mol. The van der Waals surface area contributed by atoms with Crippen LogP contribution in [-0.2, 0) is 18.9 Å². The second-order valence-corrected chi connectivity index (χ2v) is 5.74. The molecule has 11 nitrogen and oxygen atoms in total. The minimum absolute atomic E-state index is 0.592. The number of hydrogen-bond acceptors (Lipinski definition) is 11. The smallest absolute Gasteiger partial charge is 0.187 e. The first-order chi connectivity index (χ1) is 11.3. The zero-order valence-corrected chi connectivity index (χ0v) is 13.0. The third kappa shape index (κ3) is 3.71. The number of hydrogen-bond donors (Lipinski definition) is 7. The fourth-order valence-electron chi connectivity index (χ4n) is 2.75. The number of rotatable bonds is 5. The highest BCUT2D eigenvalue weighted by Gasteiger charge is 2.50. The van der Waals surface area contributed by atoms with Gasteiger partial charge in [-0.15, -0.1) is 0 Å². The molecule has 0 aromatic carbocycles. The Balaban J connectivity index is 2.12. The van der Waals surface area contributed by atoms with Crippen molar-refractivity contribution in [3.63, 3.8) is 0 Å². The molecule has 0 bridgehead atoms. The number of methoxy groups -OCH3 is 1. The minimum Gasteiger partial charge on any atom is -0.394 e. The molecule has 10 atom stereocenters. The third-order valence-electron chi connectivity index (χ3n) is 4.19. The summed E-state index contributed by atoms with van der Waals surface area (Å²) < 4.78 is 20.6. The van der Waals surface area contributed by atoms with Crippen LogP contribution in [0.25, 0.3) is 0 Å². The lowest BCUT2D eigenvalue weighted by Crippen LogP contribution is -2.64. The van der Waals surface area contributed by atoms with Crippen molar-refractivity contribution in [2.24, 2.45) is 0 Å². The summed E-state index contributed by atoms with van der Waals surface area (Å²) in [5, 5.41) is 68.0. The van der Waals surface area contributed by atoms with E-state index in [2.05, 4.69) is 0 Å². The molecule has 2 aliphatic heterocycles. The molecule has 11 heteroatoms. The molecule has 0 aromatic rings. The first-order valence-electron chi connectivity index (χ1n) is 7.46. The standard InChI is InChI=1S/C13H24O11/c1-21-12-10(20)8(18)11(5(3-15)23-12)24-13-9(19)7(17)6(16)4(2-14)22-13/h4-20H,2-3H2,1H3/t4-,5-,6+,7+,8-,9-,10-,11+,12-,13-/m1/s1. The van der Waals surface area contributed by atoms with Crippen LogP contribution in [0.5, 0.6) is 0 Å². The van der Waals surface area contributed by atoms with E-state index in [1.807, 2.05) is 0 Å². The lowest BCUT2D eigenvalue weighted by molar-refractivity contribution is -0.357. The second-order valence-electron chi connectivity index (χ2n) is 5.74. The van der Waals surface area contributed by atoms with Crippen LogP contribution < -0.4 is 0 Å². The molecule has 0 unspecified atom stereocenters. The fraction of sp³-hybridized carbons (Fsp3) is 1.00. The predicted molar refractivity (Wildman–Crippen MR) is 73.4 cm³/mol. The van der Waals surface area contributed by atoms with E-state index in [9.17, 15) is 30.6 Å². The first-order valence-corrected chi connectivity index (χ1v) is 7.46. The lowest BCUT2D eigenvalue weighted by atomic mass is 9.97. The summed E-state index contributed by atoms with van der Waals surface area (Å²) in [6.45, 7) is -1.24. The molecule has 2 rings (SSSR count). The van der Waals surface area contributed by atoms with Gasteiger partial charge >= 0.3 is 0 Å². The molecule has 2 heterocycles. The van der Waals surface area contributed by atoms with E-state index in [-0.39, 0.29) is 0 Å². The van der Waals surface area contributed by atoms with Crippen LogP contribution in [0.1, 0.15) is 0 Å². The van der Waals surface area contributed by atoms with Crippen molar-refractivity contribution in [3.8, 4) is 0 Å². The SMILES string of the molecule is CO[C@@H]1O[C@H](CO)[C@H](O[C@H]2O[C@H](CO)[C@H](O)[C@H](O)[C@H]2O)[C@H](O)[C@H]1O. The van der Waals surface area contributed by atoms with Gasteiger partial charge in [0.25, 0.3) is 0 Å². The average Bonchev–Trinajstić information content (AvgIpc) is 2.59. The molecular weight excluding hydrogens is 332 g/mol. The Morgan fingerprint density at radius 2 is 1.25 bits per heavy atom. The maximum atomic E-state index is 10.2. The van der Waals surface area contributed by atoms with E-state index >= 15 is 0 Å². The van der Waals surface area contributed by atoms with Crippen LogP contribution in [0.3, 0.4) is 0 Å². The second kappa shape index (κ2) is 8.29. The van der Waals surface area contributed by atoms with Gasteiger partial charge in [0.2, 0.25) is 0 Å². The van der Waals surface area contributed by atoms with Crippen LogP contribution >= 0.6 is 0 Å². The van der Waals surface area contributed by atoms with Gasteiger partial charge in [-0.2, -0.15) is 0 Å². The van der Waals surface area contributed by atoms with Gasteiger partial charge in [0.05, 0.1) is 13.2 Å². The Morgan fingerprint density at radius 1 is 0.708 bits per heavy atom. The molecule has 2 saturated heterocycles. The van der Waals surface area contributed by atoms with Gasteiger partial charge in [-0.25, -0.2) is 0 Å². The molecule has 0 aromatic heterocycles. The maximum Gasteiger partial charge on any atom is 0.187 e. The van der Waals surface area contributed by atoms with Crippen LogP contribution in [-0.4, -0.2) is 117 Å². The Hall–Kier alpha value is -0.440. The first kappa shape index (κ1) is 19.9. The lowest BCUT2D eigenvalue weighted by Gasteiger charge is -2.45. The van der Waals surface area contributed by atoms with Crippen molar-refractivity contribution in [3.05, 3.63) is 0 Å². The van der Waals surface area contributed by atoms with Gasteiger partial charge in [-0.05, 0) is 0 Å². The summed E-state index contributed by atoms with van der Waals surface area (Å²) in [5.74, 6) is 0. The summed E-state index contributed by atoms with van der Waals surface area (Å²) in [4.78, 5) is 0. The summed E-state index contributed by atoms with van der Waals surface area (Å²) in [5.41, 5.74) is 0. The van der Waals surface area contributed by atoms with Crippen LogP contribution in [0.15, 0.2) is 0 Å². The van der Waals surface area contributed by atoms with Crippen molar-refractivity contribution in [1.29, 1.82) is 0 Å². The topological polar surface area (TPSA) is 179 Å². The zero-order chi connectivity index (χ0) is 18.0. The van der Waals surface area contributed by atoms with E-state index in [0.29, 0.717) is 0 Å². The van der Waals surface area contributed by atoms with Gasteiger partial charge in [-0.1, -0.05) is 0 Å². The van der Waals surface area contributed by atoms with Gasteiger partial charge in [0, 0.05) is 7.11 Å². The van der Waals surface area contributed by atoms with Gasteiger partial charge in [0.1, 0.15) is 48.8 Å². The fourth-order valence-corrected chi connectivity index (χ4v) is 2.75. The molecule has 0 radical (unpaired) electrons. The number of ether oxygens (including phenoxy) is 4. The molecule has 0 aliphatic carbocycles. The highest BCUT2D eigenvalue weighted by molar-refractivity contribution is 4.93. The molecule has 0 saturated carbocycles. The average molecular weight is 356 g/mol. The molecular formula is C13H24O11. The molecule has 0 spiro atoms. The van der Waals surface area contributed by atoms with Crippen molar-refractivity contribution >= 4 is 0 Å². The summed E-state index contributed by atoms with van der Waals surface area (Å²) >= 11 is 0. The highest BCUT2D eigenvalue weighted by atomic mass is 16.7. The quantitative estimate of drug-likeness (QED) is 0.251. The Bertz CT molecular complexity index is 392. The zero-order valence-electron chi connectivity index (χ0n) is 13.0. The van der Waals surface area contributed by atoms with Crippen LogP contribution in [0, 0.1) is 0 Å². The molecule has 0 amide bonds. The molecule has 142 valence electrons. The summed E-state index contributed by atoms with van der Waals surface area (Å²) in [7, 11) is 1.24. The van der Waals surface area contributed by atoms with E-state index in [4.69, 9.17) is 24.1 Å². The number of aliphatic hydroxyl groups excluding tert-OH is 7. The third-order valence-corrected chi connectivity index (χ3v) is 4.19. The Labute approximate surface area is 137 Å². The summed E-state index contributed by atoms with van der Waals surface area (Å²) in [6, 6.07) is 0. The maximum absolute atomic E-state index is 10.2. The van der Waals surface area contributed by atoms with Crippen LogP contribution in [0.2, 0.25) is 0 Å². The molecule has 24 heavy (non-hydrogen) atoms.